The number of rotatable bonds is 3. The van der Waals surface area contributed by atoms with Crippen LogP contribution in [0.1, 0.15) is 43.6 Å². The third-order valence-electron chi connectivity index (χ3n) is 5.90. The van der Waals surface area contributed by atoms with E-state index in [0.717, 1.165) is 43.2 Å². The van der Waals surface area contributed by atoms with Crippen LogP contribution in [0.3, 0.4) is 0 Å². The number of carbonyl (C=O) groups is 2. The highest BCUT2D eigenvalue weighted by atomic mass is 32.2. The monoisotopic (exact) mass is 373 g/mol. The second-order valence-corrected chi connectivity index (χ2v) is 8.78. The minimum absolute atomic E-state index is 0.000170. The van der Waals surface area contributed by atoms with Gasteiger partial charge in [-0.15, -0.1) is 0 Å². The number of hydrogen-bond acceptors (Lipinski definition) is 4. The second-order valence-electron chi connectivity index (χ2n) is 7.55. The van der Waals surface area contributed by atoms with Crippen molar-refractivity contribution in [2.24, 2.45) is 0 Å². The first kappa shape index (κ1) is 17.9. The molecule has 0 unspecified atom stereocenters. The molecule has 0 aromatic heterocycles. The zero-order valence-electron chi connectivity index (χ0n) is 15.1. The number of piperidine rings is 1. The van der Waals surface area contributed by atoms with Crippen LogP contribution in [0.4, 0.5) is 5.69 Å². The molecule has 2 N–H and O–H groups in total. The van der Waals surface area contributed by atoms with Crippen molar-refractivity contribution in [2.75, 3.05) is 29.9 Å². The Morgan fingerprint density at radius 2 is 1.85 bits per heavy atom. The lowest BCUT2D eigenvalue weighted by Crippen LogP contribution is -2.49. The number of nitrogens with one attached hydrogen (secondary N) is 2. The van der Waals surface area contributed by atoms with Gasteiger partial charge >= 0.3 is 0 Å². The third kappa shape index (κ3) is 3.91. The van der Waals surface area contributed by atoms with Crippen LogP contribution in [0.2, 0.25) is 0 Å². The van der Waals surface area contributed by atoms with Crippen LogP contribution < -0.4 is 10.6 Å². The zero-order chi connectivity index (χ0) is 17.9. The maximum Gasteiger partial charge on any atom is 0.228 e. The van der Waals surface area contributed by atoms with Crippen LogP contribution in [-0.2, 0) is 9.59 Å². The molecule has 1 atom stereocenters. The van der Waals surface area contributed by atoms with Gasteiger partial charge in [-0.05, 0) is 48.8 Å². The van der Waals surface area contributed by atoms with Gasteiger partial charge in [0.2, 0.25) is 11.8 Å². The van der Waals surface area contributed by atoms with Crippen molar-refractivity contribution in [3.63, 3.8) is 0 Å². The standard InChI is InChI=1S/C20H27N3O2S/c24-19-13-17(16-3-1-2-4-18(16)22-19)20(25)21-14-5-9-23(10-6-14)15-7-11-26-12-8-15/h1-4,14-15,17H,5-13H2,(H,21,25)(H,22,24)/t17-/m1/s1. The first-order valence-electron chi connectivity index (χ1n) is 9.71. The molecule has 2 saturated heterocycles. The Bertz CT molecular complexity index is 667. The van der Waals surface area contributed by atoms with E-state index >= 15 is 0 Å². The molecule has 0 radical (unpaired) electrons. The fourth-order valence-corrected chi connectivity index (χ4v) is 5.49. The van der Waals surface area contributed by atoms with E-state index < -0.39 is 0 Å². The number of para-hydroxylation sites is 1. The van der Waals surface area contributed by atoms with Crippen molar-refractivity contribution in [1.82, 2.24) is 10.2 Å². The molecular formula is C20H27N3O2S. The maximum atomic E-state index is 12.9. The molecule has 2 amide bonds. The van der Waals surface area contributed by atoms with Gasteiger partial charge < -0.3 is 15.5 Å². The highest BCUT2D eigenvalue weighted by Gasteiger charge is 2.33. The van der Waals surface area contributed by atoms with Gasteiger partial charge in [0.1, 0.15) is 0 Å². The van der Waals surface area contributed by atoms with Crippen LogP contribution in [0.15, 0.2) is 24.3 Å². The Morgan fingerprint density at radius 1 is 1.12 bits per heavy atom. The summed E-state index contributed by atoms with van der Waals surface area (Å²) in [6.45, 7) is 2.14. The summed E-state index contributed by atoms with van der Waals surface area (Å²) in [7, 11) is 0. The fourth-order valence-electron chi connectivity index (χ4n) is 4.41. The summed E-state index contributed by atoms with van der Waals surface area (Å²) in [5, 5.41) is 6.09. The van der Waals surface area contributed by atoms with Gasteiger partial charge in [0, 0.05) is 37.3 Å². The van der Waals surface area contributed by atoms with Crippen molar-refractivity contribution in [2.45, 2.75) is 50.1 Å². The number of likely N-dealkylation sites (tertiary alicyclic amines) is 1. The van der Waals surface area contributed by atoms with Crippen molar-refractivity contribution in [3.05, 3.63) is 29.8 Å². The first-order chi connectivity index (χ1) is 12.7. The Hall–Kier alpha value is -1.53. The molecule has 140 valence electrons. The van der Waals surface area contributed by atoms with Gasteiger partial charge in [0.25, 0.3) is 0 Å². The quantitative estimate of drug-likeness (QED) is 0.855. The van der Waals surface area contributed by atoms with E-state index in [1.54, 1.807) is 0 Å². The molecule has 5 nitrogen and oxygen atoms in total. The van der Waals surface area contributed by atoms with Crippen molar-refractivity contribution >= 4 is 29.3 Å². The molecule has 0 bridgehead atoms. The molecular weight excluding hydrogens is 346 g/mol. The van der Waals surface area contributed by atoms with Crippen LogP contribution in [0.25, 0.3) is 0 Å². The SMILES string of the molecule is O=C1C[C@@H](C(=O)NC2CCN(C3CCSCC3)CC2)c2ccccc2N1. The summed E-state index contributed by atoms with van der Waals surface area (Å²) in [5.74, 6) is 2.12. The molecule has 1 aromatic rings. The highest BCUT2D eigenvalue weighted by Crippen LogP contribution is 2.32. The van der Waals surface area contributed by atoms with Crippen LogP contribution in [-0.4, -0.2) is 53.4 Å². The van der Waals surface area contributed by atoms with Crippen molar-refractivity contribution < 1.29 is 9.59 Å². The number of amides is 2. The van der Waals surface area contributed by atoms with Crippen LogP contribution in [0.5, 0.6) is 0 Å². The summed E-state index contributed by atoms with van der Waals surface area (Å²) >= 11 is 2.07. The topological polar surface area (TPSA) is 61.4 Å². The highest BCUT2D eigenvalue weighted by molar-refractivity contribution is 7.99. The van der Waals surface area contributed by atoms with Gasteiger partial charge in [0.05, 0.1) is 5.92 Å². The number of benzene rings is 1. The Morgan fingerprint density at radius 3 is 2.62 bits per heavy atom. The summed E-state index contributed by atoms with van der Waals surface area (Å²) in [6, 6.07) is 8.60. The predicted octanol–water partition coefficient (Wildman–Crippen LogP) is 2.59. The lowest BCUT2D eigenvalue weighted by Gasteiger charge is -2.39. The molecule has 26 heavy (non-hydrogen) atoms. The number of thioether (sulfide) groups is 1. The average Bonchev–Trinajstić information content (AvgIpc) is 2.68. The maximum absolute atomic E-state index is 12.9. The summed E-state index contributed by atoms with van der Waals surface area (Å²) in [5.41, 5.74) is 1.70. The Balaban J connectivity index is 1.34. The van der Waals surface area contributed by atoms with Gasteiger partial charge in [-0.25, -0.2) is 0 Å². The normalized spacial score (nSPS) is 25.4. The molecule has 0 aliphatic carbocycles. The average molecular weight is 374 g/mol. The molecule has 1 aromatic carbocycles. The first-order valence-corrected chi connectivity index (χ1v) is 10.9. The molecule has 2 fully saturated rings. The number of hydrogen-bond donors (Lipinski definition) is 2. The number of anilines is 1. The third-order valence-corrected chi connectivity index (χ3v) is 6.95. The number of nitrogens with zero attached hydrogens (tertiary/aromatic N) is 1. The molecule has 3 heterocycles. The molecule has 3 aliphatic rings. The van der Waals surface area contributed by atoms with Crippen molar-refractivity contribution in [3.8, 4) is 0 Å². The van der Waals surface area contributed by atoms with Crippen LogP contribution in [0, 0.1) is 0 Å². The van der Waals surface area contributed by atoms with Gasteiger partial charge in [0.15, 0.2) is 0 Å². The van der Waals surface area contributed by atoms with Crippen LogP contribution >= 0.6 is 11.8 Å². The van der Waals surface area contributed by atoms with Crippen molar-refractivity contribution in [1.29, 1.82) is 0 Å². The summed E-state index contributed by atoms with van der Waals surface area (Å²) in [4.78, 5) is 27.4. The van der Waals surface area contributed by atoms with Gasteiger partial charge in [-0.1, -0.05) is 18.2 Å². The molecule has 0 saturated carbocycles. The van der Waals surface area contributed by atoms with E-state index in [9.17, 15) is 9.59 Å². The summed E-state index contributed by atoms with van der Waals surface area (Å²) in [6.07, 6.45) is 4.86. The fraction of sp³-hybridized carbons (Fsp3) is 0.600. The van der Waals surface area contributed by atoms with E-state index in [0.29, 0.717) is 0 Å². The summed E-state index contributed by atoms with van der Waals surface area (Å²) < 4.78 is 0. The number of fused-ring (bicyclic) bond motifs is 1. The molecule has 0 spiro atoms. The lowest BCUT2D eigenvalue weighted by atomic mass is 9.89. The van der Waals surface area contributed by atoms with E-state index in [-0.39, 0.29) is 30.2 Å². The zero-order valence-corrected chi connectivity index (χ0v) is 15.9. The lowest BCUT2D eigenvalue weighted by molar-refractivity contribution is -0.127. The second kappa shape index (κ2) is 8.01. The largest absolute Gasteiger partial charge is 0.353 e. The van der Waals surface area contributed by atoms with E-state index in [1.807, 2.05) is 24.3 Å². The molecule has 4 rings (SSSR count). The minimum atomic E-state index is -0.367. The van der Waals surface area contributed by atoms with E-state index in [1.165, 1.54) is 24.3 Å². The van der Waals surface area contributed by atoms with E-state index in [4.69, 9.17) is 0 Å². The smallest absolute Gasteiger partial charge is 0.228 e. The van der Waals surface area contributed by atoms with Gasteiger partial charge in [-0.2, -0.15) is 11.8 Å². The Kier molecular flexibility index (Phi) is 5.50. The Labute approximate surface area is 159 Å². The predicted molar refractivity (Wildman–Crippen MR) is 106 cm³/mol. The molecule has 6 heteroatoms. The van der Waals surface area contributed by atoms with E-state index in [2.05, 4.69) is 27.3 Å². The van der Waals surface area contributed by atoms with Gasteiger partial charge in [-0.3, -0.25) is 9.59 Å². The number of carbonyl (C=O) groups excluding carboxylic acids is 2. The minimum Gasteiger partial charge on any atom is -0.353 e. The molecule has 3 aliphatic heterocycles.